The van der Waals surface area contributed by atoms with Gasteiger partial charge in [0.05, 0.1) is 6.04 Å². The molecule has 0 spiro atoms. The van der Waals surface area contributed by atoms with Gasteiger partial charge in [-0.05, 0) is 35.6 Å². The van der Waals surface area contributed by atoms with Crippen LogP contribution < -0.4 is 10.6 Å². The Bertz CT molecular complexity index is 751. The maximum absolute atomic E-state index is 13.5. The van der Waals surface area contributed by atoms with Crippen LogP contribution in [0.1, 0.15) is 34.8 Å². The smallest absolute Gasteiger partial charge is 0.252 e. The first-order chi connectivity index (χ1) is 12.6. The van der Waals surface area contributed by atoms with Crippen LogP contribution in [-0.2, 0) is 4.79 Å². The number of nitrogens with one attached hydrogen (secondary N) is 2. The number of benzene rings is 1. The molecular formula is C19H22FN3O2S. The number of hydrogen-bond acceptors (Lipinski definition) is 4. The van der Waals surface area contributed by atoms with E-state index in [1.54, 1.807) is 17.5 Å². The molecule has 2 N–H and O–H groups in total. The summed E-state index contributed by atoms with van der Waals surface area (Å²) in [5.41, 5.74) is 1.45. The third-order valence-corrected chi connectivity index (χ3v) is 5.12. The van der Waals surface area contributed by atoms with Gasteiger partial charge >= 0.3 is 0 Å². The Morgan fingerprint density at radius 2 is 2.23 bits per heavy atom. The summed E-state index contributed by atoms with van der Waals surface area (Å²) in [4.78, 5) is 26.3. The van der Waals surface area contributed by atoms with Crippen LogP contribution in [0, 0.1) is 5.82 Å². The summed E-state index contributed by atoms with van der Waals surface area (Å²) in [7, 11) is 0. The van der Waals surface area contributed by atoms with Gasteiger partial charge in [0.2, 0.25) is 5.91 Å². The van der Waals surface area contributed by atoms with Crippen molar-refractivity contribution in [2.24, 2.45) is 0 Å². The standard InChI is InChI=1S/C19H22FN3O2S/c20-16-4-1-3-14(11-16)17-12-21-8-9-23(17)18(24)5-2-7-22-19(25)15-6-10-26-13-15/h1,3-4,6,10-11,13,17,21H,2,5,7-9,12H2,(H,22,25). The van der Waals surface area contributed by atoms with E-state index in [0.29, 0.717) is 38.0 Å². The molecule has 3 rings (SSSR count). The first-order valence-electron chi connectivity index (χ1n) is 8.71. The van der Waals surface area contributed by atoms with Gasteiger partial charge in [-0.2, -0.15) is 11.3 Å². The van der Waals surface area contributed by atoms with Crippen molar-refractivity contribution in [3.05, 3.63) is 58.0 Å². The minimum atomic E-state index is -0.295. The second kappa shape index (κ2) is 8.91. The number of thiophene rings is 1. The number of halogens is 1. The molecule has 0 aliphatic carbocycles. The van der Waals surface area contributed by atoms with Gasteiger partial charge in [-0.3, -0.25) is 9.59 Å². The largest absolute Gasteiger partial charge is 0.352 e. The van der Waals surface area contributed by atoms with E-state index in [4.69, 9.17) is 0 Å². The second-order valence-corrected chi connectivity index (χ2v) is 7.01. The lowest BCUT2D eigenvalue weighted by atomic mass is 10.0. The van der Waals surface area contributed by atoms with Gasteiger partial charge in [0.1, 0.15) is 5.82 Å². The van der Waals surface area contributed by atoms with Gasteiger partial charge in [-0.1, -0.05) is 12.1 Å². The molecule has 1 unspecified atom stereocenters. The molecule has 1 aliphatic rings. The van der Waals surface area contributed by atoms with E-state index in [1.807, 2.05) is 16.3 Å². The van der Waals surface area contributed by atoms with Crippen molar-refractivity contribution in [3.63, 3.8) is 0 Å². The molecule has 2 amide bonds. The maximum Gasteiger partial charge on any atom is 0.252 e. The average Bonchev–Trinajstić information content (AvgIpc) is 3.20. The van der Waals surface area contributed by atoms with Crippen molar-refractivity contribution in [2.75, 3.05) is 26.2 Å². The molecular weight excluding hydrogens is 353 g/mol. The molecule has 138 valence electrons. The summed E-state index contributed by atoms with van der Waals surface area (Å²) in [6.45, 7) is 2.40. The number of piperazine rings is 1. The van der Waals surface area contributed by atoms with Crippen LogP contribution in [-0.4, -0.2) is 42.9 Å². The summed E-state index contributed by atoms with van der Waals surface area (Å²) >= 11 is 1.48. The van der Waals surface area contributed by atoms with Crippen LogP contribution in [0.2, 0.25) is 0 Å². The molecule has 5 nitrogen and oxygen atoms in total. The predicted molar refractivity (Wildman–Crippen MR) is 99.6 cm³/mol. The van der Waals surface area contributed by atoms with E-state index in [1.165, 1.54) is 23.5 Å². The minimum absolute atomic E-state index is 0.0329. The Morgan fingerprint density at radius 1 is 1.35 bits per heavy atom. The summed E-state index contributed by atoms with van der Waals surface area (Å²) in [6.07, 6.45) is 0.935. The molecule has 1 aliphatic heterocycles. The average molecular weight is 375 g/mol. The van der Waals surface area contributed by atoms with Gasteiger partial charge in [-0.15, -0.1) is 0 Å². The SMILES string of the molecule is O=C(NCCCC(=O)N1CCNCC1c1cccc(F)c1)c1ccsc1. The van der Waals surface area contributed by atoms with Gasteiger partial charge in [0.25, 0.3) is 5.91 Å². The Hall–Kier alpha value is -2.25. The van der Waals surface area contributed by atoms with Crippen LogP contribution >= 0.6 is 11.3 Å². The molecule has 1 atom stereocenters. The topological polar surface area (TPSA) is 61.4 Å². The van der Waals surface area contributed by atoms with Gasteiger partial charge in [0.15, 0.2) is 0 Å². The van der Waals surface area contributed by atoms with Gasteiger partial charge in [0, 0.05) is 43.5 Å². The van der Waals surface area contributed by atoms with Crippen molar-refractivity contribution in [1.82, 2.24) is 15.5 Å². The summed E-state index contributed by atoms with van der Waals surface area (Å²) in [5, 5.41) is 9.74. The highest BCUT2D eigenvalue weighted by Gasteiger charge is 2.27. The quantitative estimate of drug-likeness (QED) is 0.763. The normalized spacial score (nSPS) is 17.1. The van der Waals surface area contributed by atoms with Crippen molar-refractivity contribution < 1.29 is 14.0 Å². The summed E-state index contributed by atoms with van der Waals surface area (Å²) < 4.78 is 13.5. The molecule has 1 fully saturated rings. The molecule has 0 radical (unpaired) electrons. The van der Waals surface area contributed by atoms with E-state index in [2.05, 4.69) is 10.6 Å². The predicted octanol–water partition coefficient (Wildman–Crippen LogP) is 2.57. The fraction of sp³-hybridized carbons (Fsp3) is 0.368. The lowest BCUT2D eigenvalue weighted by molar-refractivity contribution is -0.134. The molecule has 1 aromatic heterocycles. The number of rotatable bonds is 6. The highest BCUT2D eigenvalue weighted by Crippen LogP contribution is 2.23. The number of carbonyl (C=O) groups excluding carboxylic acids is 2. The highest BCUT2D eigenvalue weighted by atomic mass is 32.1. The zero-order chi connectivity index (χ0) is 18.4. The van der Waals surface area contributed by atoms with Crippen molar-refractivity contribution >= 4 is 23.2 Å². The van der Waals surface area contributed by atoms with Crippen molar-refractivity contribution in [2.45, 2.75) is 18.9 Å². The van der Waals surface area contributed by atoms with Crippen molar-refractivity contribution in [3.8, 4) is 0 Å². The van der Waals surface area contributed by atoms with Crippen LogP contribution in [0.5, 0.6) is 0 Å². The third kappa shape index (κ3) is 4.68. The molecule has 1 saturated heterocycles. The van der Waals surface area contributed by atoms with E-state index in [-0.39, 0.29) is 23.7 Å². The third-order valence-electron chi connectivity index (χ3n) is 4.43. The number of carbonyl (C=O) groups is 2. The van der Waals surface area contributed by atoms with E-state index in [9.17, 15) is 14.0 Å². The first kappa shape index (κ1) is 18.5. The van der Waals surface area contributed by atoms with Crippen LogP contribution in [0.15, 0.2) is 41.1 Å². The summed E-state index contributed by atoms with van der Waals surface area (Å²) in [5.74, 6) is -0.374. The molecule has 0 bridgehead atoms. The van der Waals surface area contributed by atoms with Gasteiger partial charge < -0.3 is 15.5 Å². The number of nitrogens with zero attached hydrogens (tertiary/aromatic N) is 1. The van der Waals surface area contributed by atoms with E-state index < -0.39 is 0 Å². The summed E-state index contributed by atoms with van der Waals surface area (Å²) in [6, 6.07) is 8.02. The lowest BCUT2D eigenvalue weighted by Crippen LogP contribution is -2.48. The van der Waals surface area contributed by atoms with E-state index >= 15 is 0 Å². The molecule has 2 heterocycles. The first-order valence-corrected chi connectivity index (χ1v) is 9.65. The zero-order valence-electron chi connectivity index (χ0n) is 14.4. The molecule has 2 aromatic rings. The van der Waals surface area contributed by atoms with Crippen LogP contribution in [0.25, 0.3) is 0 Å². The van der Waals surface area contributed by atoms with E-state index in [0.717, 1.165) is 12.1 Å². The number of amides is 2. The second-order valence-electron chi connectivity index (χ2n) is 6.23. The lowest BCUT2D eigenvalue weighted by Gasteiger charge is -2.36. The Labute approximate surface area is 156 Å². The Balaban J connectivity index is 1.51. The molecule has 26 heavy (non-hydrogen) atoms. The highest BCUT2D eigenvalue weighted by molar-refractivity contribution is 7.08. The van der Waals surface area contributed by atoms with Crippen LogP contribution in [0.3, 0.4) is 0 Å². The number of hydrogen-bond donors (Lipinski definition) is 2. The zero-order valence-corrected chi connectivity index (χ0v) is 15.2. The minimum Gasteiger partial charge on any atom is -0.352 e. The Kier molecular flexibility index (Phi) is 6.35. The monoisotopic (exact) mass is 375 g/mol. The Morgan fingerprint density at radius 3 is 3.00 bits per heavy atom. The molecule has 0 saturated carbocycles. The maximum atomic E-state index is 13.5. The molecule has 7 heteroatoms. The van der Waals surface area contributed by atoms with Gasteiger partial charge in [-0.25, -0.2) is 4.39 Å². The molecule has 1 aromatic carbocycles. The fourth-order valence-electron chi connectivity index (χ4n) is 3.10. The van der Waals surface area contributed by atoms with Crippen molar-refractivity contribution in [1.29, 1.82) is 0 Å². The van der Waals surface area contributed by atoms with Crippen LogP contribution in [0.4, 0.5) is 4.39 Å². The fourth-order valence-corrected chi connectivity index (χ4v) is 3.73.